The molecule has 0 spiro atoms. The van der Waals surface area contributed by atoms with E-state index in [4.69, 9.17) is 4.74 Å². The molecule has 0 aliphatic carbocycles. The summed E-state index contributed by atoms with van der Waals surface area (Å²) in [7, 11) is -0.806. The molecule has 2 aromatic carbocycles. The fourth-order valence-electron chi connectivity index (χ4n) is 3.62. The van der Waals surface area contributed by atoms with Crippen LogP contribution in [0, 0.1) is 0 Å². The third-order valence-corrected chi connectivity index (χ3v) is 7.35. The molecule has 0 aromatic heterocycles. The van der Waals surface area contributed by atoms with Gasteiger partial charge in [0.15, 0.2) is 0 Å². The van der Waals surface area contributed by atoms with Gasteiger partial charge >= 0.3 is 0 Å². The van der Waals surface area contributed by atoms with E-state index in [2.05, 4.69) is 17.1 Å². The van der Waals surface area contributed by atoms with Crippen LogP contribution in [0.25, 0.3) is 0 Å². The van der Waals surface area contributed by atoms with E-state index in [0.717, 1.165) is 32.5 Å². The first-order valence-electron chi connectivity index (χ1n) is 10.1. The average molecular weight is 432 g/mol. The second kappa shape index (κ2) is 9.49. The van der Waals surface area contributed by atoms with Gasteiger partial charge in [0, 0.05) is 31.7 Å². The molecule has 0 saturated carbocycles. The monoisotopic (exact) mass is 431 g/mol. The average Bonchev–Trinajstić information content (AvgIpc) is 2.79. The molecule has 1 aliphatic rings. The van der Waals surface area contributed by atoms with Crippen molar-refractivity contribution >= 4 is 21.6 Å². The zero-order chi connectivity index (χ0) is 21.7. The molecule has 30 heavy (non-hydrogen) atoms. The topological polar surface area (TPSA) is 79.0 Å². The van der Waals surface area contributed by atoms with Gasteiger partial charge in [0.2, 0.25) is 0 Å². The number of benzene rings is 2. The van der Waals surface area contributed by atoms with E-state index in [1.165, 1.54) is 30.6 Å². The zero-order valence-corrected chi connectivity index (χ0v) is 18.5. The number of carbonyl (C=O) groups is 1. The van der Waals surface area contributed by atoms with Gasteiger partial charge in [-0.1, -0.05) is 19.1 Å². The van der Waals surface area contributed by atoms with Crippen LogP contribution in [0.2, 0.25) is 0 Å². The smallest absolute Gasteiger partial charge is 0.264 e. The lowest BCUT2D eigenvalue weighted by Gasteiger charge is -2.31. The van der Waals surface area contributed by atoms with Crippen molar-refractivity contribution in [2.45, 2.75) is 30.7 Å². The number of hydrogen-bond acceptors (Lipinski definition) is 5. The summed E-state index contributed by atoms with van der Waals surface area (Å²) < 4.78 is 32.5. The minimum absolute atomic E-state index is 0.115. The van der Waals surface area contributed by atoms with Gasteiger partial charge in [-0.3, -0.25) is 9.10 Å². The number of anilines is 1. The third-order valence-electron chi connectivity index (χ3n) is 5.57. The highest BCUT2D eigenvalue weighted by Gasteiger charge is 2.24. The highest BCUT2D eigenvalue weighted by atomic mass is 32.2. The molecule has 1 amide bonds. The first-order chi connectivity index (χ1) is 14.4. The largest absolute Gasteiger partial charge is 0.495 e. The Balaban J connectivity index is 1.70. The maximum Gasteiger partial charge on any atom is 0.264 e. The Labute approximate surface area is 178 Å². The summed E-state index contributed by atoms with van der Waals surface area (Å²) in [6.45, 7) is 5.13. The first-order valence-corrected chi connectivity index (χ1v) is 11.6. The number of rotatable bonds is 7. The molecule has 1 aliphatic heterocycles. The lowest BCUT2D eigenvalue weighted by molar-refractivity contribution is 0.0912. The van der Waals surface area contributed by atoms with Gasteiger partial charge in [-0.25, -0.2) is 8.42 Å². The molecule has 0 atom stereocenters. The van der Waals surface area contributed by atoms with E-state index >= 15 is 0 Å². The van der Waals surface area contributed by atoms with E-state index in [1.54, 1.807) is 36.4 Å². The predicted octanol–water partition coefficient (Wildman–Crippen LogP) is 2.73. The van der Waals surface area contributed by atoms with Crippen molar-refractivity contribution in [2.75, 3.05) is 38.1 Å². The molecule has 0 bridgehead atoms. The quantitative estimate of drug-likeness (QED) is 0.729. The number of carbonyl (C=O) groups excluding carboxylic acids is 1. The summed E-state index contributed by atoms with van der Waals surface area (Å²) in [5.41, 5.74) is 0.895. The SMILES string of the molecule is CCN1CCC(NC(=O)c2ccc(S(=O)(=O)N(C)c3ccccc3OC)cc2)CC1. The van der Waals surface area contributed by atoms with Gasteiger partial charge in [-0.15, -0.1) is 0 Å². The maximum atomic E-state index is 13.0. The minimum atomic E-state index is -3.79. The van der Waals surface area contributed by atoms with Crippen LogP contribution in [0.1, 0.15) is 30.1 Å². The molecule has 1 fully saturated rings. The number of methoxy groups -OCH3 is 1. The van der Waals surface area contributed by atoms with Crippen molar-refractivity contribution in [1.29, 1.82) is 0 Å². The number of para-hydroxylation sites is 2. The van der Waals surface area contributed by atoms with Crippen molar-refractivity contribution in [3.05, 3.63) is 54.1 Å². The van der Waals surface area contributed by atoms with Crippen LogP contribution in [-0.2, 0) is 10.0 Å². The highest BCUT2D eigenvalue weighted by Crippen LogP contribution is 2.30. The van der Waals surface area contributed by atoms with E-state index in [9.17, 15) is 13.2 Å². The number of amides is 1. The van der Waals surface area contributed by atoms with E-state index in [1.807, 2.05) is 0 Å². The summed E-state index contributed by atoms with van der Waals surface area (Å²) in [4.78, 5) is 15.0. The van der Waals surface area contributed by atoms with Gasteiger partial charge in [-0.2, -0.15) is 0 Å². The molecule has 2 aromatic rings. The van der Waals surface area contributed by atoms with Gasteiger partial charge < -0.3 is 15.0 Å². The Hall–Kier alpha value is -2.58. The molecule has 0 radical (unpaired) electrons. The summed E-state index contributed by atoms with van der Waals surface area (Å²) in [6.07, 6.45) is 1.85. The van der Waals surface area contributed by atoms with Crippen molar-refractivity contribution in [2.24, 2.45) is 0 Å². The van der Waals surface area contributed by atoms with Crippen LogP contribution in [0.5, 0.6) is 5.75 Å². The Morgan fingerprint density at radius 3 is 2.37 bits per heavy atom. The maximum absolute atomic E-state index is 13.0. The number of likely N-dealkylation sites (tertiary alicyclic amines) is 1. The van der Waals surface area contributed by atoms with Crippen LogP contribution in [0.4, 0.5) is 5.69 Å². The number of nitrogens with one attached hydrogen (secondary N) is 1. The predicted molar refractivity (Wildman–Crippen MR) is 118 cm³/mol. The summed E-state index contributed by atoms with van der Waals surface area (Å²) in [5.74, 6) is 0.292. The standard InChI is InChI=1S/C22H29N3O4S/c1-4-25-15-13-18(14-16-25)23-22(26)17-9-11-19(12-10-17)30(27,28)24(2)20-7-5-6-8-21(20)29-3/h5-12,18H,4,13-16H2,1-3H3,(H,23,26). The van der Waals surface area contributed by atoms with Crippen molar-refractivity contribution in [3.63, 3.8) is 0 Å². The lowest BCUT2D eigenvalue weighted by Crippen LogP contribution is -2.44. The summed E-state index contributed by atoms with van der Waals surface area (Å²) in [5, 5.41) is 3.06. The van der Waals surface area contributed by atoms with Crippen LogP contribution >= 0.6 is 0 Å². The van der Waals surface area contributed by atoms with Gasteiger partial charge in [0.05, 0.1) is 17.7 Å². The molecule has 1 N–H and O–H groups in total. The molecular formula is C22H29N3O4S. The summed E-state index contributed by atoms with van der Waals surface area (Å²) in [6, 6.07) is 13.1. The van der Waals surface area contributed by atoms with Gasteiger partial charge in [0.25, 0.3) is 15.9 Å². The molecule has 3 rings (SSSR count). The van der Waals surface area contributed by atoms with E-state index in [-0.39, 0.29) is 16.8 Å². The Bertz CT molecular complexity index is 968. The molecule has 1 heterocycles. The second-order valence-corrected chi connectivity index (χ2v) is 9.32. The van der Waals surface area contributed by atoms with E-state index < -0.39 is 10.0 Å². The van der Waals surface area contributed by atoms with Crippen LogP contribution in [-0.4, -0.2) is 59.1 Å². The normalized spacial score (nSPS) is 15.6. The number of piperidine rings is 1. The molecule has 0 unspecified atom stereocenters. The van der Waals surface area contributed by atoms with Crippen LogP contribution in [0.3, 0.4) is 0 Å². The third kappa shape index (κ3) is 4.76. The fraction of sp³-hybridized carbons (Fsp3) is 0.409. The molecular weight excluding hydrogens is 402 g/mol. The van der Waals surface area contributed by atoms with Gasteiger partial charge in [-0.05, 0) is 55.8 Å². The Morgan fingerprint density at radius 2 is 1.77 bits per heavy atom. The molecule has 162 valence electrons. The van der Waals surface area contributed by atoms with Crippen molar-refractivity contribution in [1.82, 2.24) is 10.2 Å². The fourth-order valence-corrected chi connectivity index (χ4v) is 4.82. The first kappa shape index (κ1) is 22.1. The Kier molecular flexibility index (Phi) is 6.99. The molecule has 7 nitrogen and oxygen atoms in total. The molecule has 8 heteroatoms. The number of ether oxygens (including phenoxy) is 1. The number of sulfonamides is 1. The van der Waals surface area contributed by atoms with Crippen LogP contribution in [0.15, 0.2) is 53.4 Å². The highest BCUT2D eigenvalue weighted by molar-refractivity contribution is 7.92. The molecule has 1 saturated heterocycles. The summed E-state index contributed by atoms with van der Waals surface area (Å²) >= 11 is 0. The van der Waals surface area contributed by atoms with Crippen LogP contribution < -0.4 is 14.4 Å². The number of hydrogen-bond donors (Lipinski definition) is 1. The number of nitrogens with zero attached hydrogens (tertiary/aromatic N) is 2. The minimum Gasteiger partial charge on any atom is -0.495 e. The van der Waals surface area contributed by atoms with Crippen molar-refractivity contribution in [3.8, 4) is 5.75 Å². The van der Waals surface area contributed by atoms with E-state index in [0.29, 0.717) is 17.0 Å². The zero-order valence-electron chi connectivity index (χ0n) is 17.7. The lowest BCUT2D eigenvalue weighted by atomic mass is 10.0. The van der Waals surface area contributed by atoms with Crippen molar-refractivity contribution < 1.29 is 17.9 Å². The Morgan fingerprint density at radius 1 is 1.13 bits per heavy atom. The van der Waals surface area contributed by atoms with Gasteiger partial charge in [0.1, 0.15) is 5.75 Å². The second-order valence-electron chi connectivity index (χ2n) is 7.35.